The Morgan fingerprint density at radius 2 is 1.44 bits per heavy atom. The summed E-state index contributed by atoms with van der Waals surface area (Å²) in [5, 5.41) is 2.82. The molecule has 0 bridgehead atoms. The van der Waals surface area contributed by atoms with Crippen molar-refractivity contribution in [2.45, 2.75) is 76.7 Å². The second-order valence-electron chi connectivity index (χ2n) is 9.68. The van der Waals surface area contributed by atoms with Crippen molar-refractivity contribution in [1.29, 1.82) is 0 Å². The molecular formula is C25H36N2O5. The highest BCUT2D eigenvalue weighted by Crippen LogP contribution is 2.41. The van der Waals surface area contributed by atoms with Gasteiger partial charge >= 0.3 is 5.97 Å². The fourth-order valence-electron chi connectivity index (χ4n) is 3.41. The summed E-state index contributed by atoms with van der Waals surface area (Å²) in [6.07, 6.45) is 2.41. The van der Waals surface area contributed by atoms with Crippen LogP contribution in [0.1, 0.15) is 64.7 Å². The van der Waals surface area contributed by atoms with Gasteiger partial charge in [0.25, 0.3) is 11.8 Å². The predicted octanol–water partition coefficient (Wildman–Crippen LogP) is 3.69. The molecule has 1 rings (SSSR count). The van der Waals surface area contributed by atoms with Crippen LogP contribution in [0.5, 0.6) is 0 Å². The Morgan fingerprint density at radius 1 is 0.938 bits per heavy atom. The summed E-state index contributed by atoms with van der Waals surface area (Å²) in [6.45, 7) is 17.9. The van der Waals surface area contributed by atoms with E-state index in [4.69, 9.17) is 15.2 Å². The molecule has 0 aliphatic heterocycles. The maximum absolute atomic E-state index is 13.8. The van der Waals surface area contributed by atoms with Gasteiger partial charge in [0.15, 0.2) is 5.60 Å². The highest BCUT2D eigenvalue weighted by molar-refractivity contribution is 6.01. The number of benzene rings is 1. The number of hydrogen-bond acceptors (Lipinski definition) is 5. The zero-order chi connectivity index (χ0) is 24.8. The van der Waals surface area contributed by atoms with Crippen molar-refractivity contribution in [3.63, 3.8) is 0 Å². The monoisotopic (exact) mass is 444 g/mol. The smallest absolute Gasteiger partial charge is 0.339 e. The Labute approximate surface area is 191 Å². The quantitative estimate of drug-likeness (QED) is 0.423. The van der Waals surface area contributed by atoms with E-state index in [1.54, 1.807) is 71.9 Å². The lowest BCUT2D eigenvalue weighted by atomic mass is 9.74. The maximum atomic E-state index is 13.8. The number of ether oxygens (including phenoxy) is 2. The third-order valence-electron chi connectivity index (χ3n) is 4.53. The van der Waals surface area contributed by atoms with Gasteiger partial charge in [0.05, 0.1) is 11.2 Å². The van der Waals surface area contributed by atoms with Gasteiger partial charge in [-0.15, -0.1) is 13.2 Å². The first kappa shape index (κ1) is 27.1. The molecule has 1 aromatic rings. The van der Waals surface area contributed by atoms with Crippen LogP contribution in [0.3, 0.4) is 0 Å². The molecule has 0 fully saturated rings. The lowest BCUT2D eigenvalue weighted by molar-refractivity contribution is -0.221. The van der Waals surface area contributed by atoms with Crippen LogP contribution < -0.4 is 11.1 Å². The molecular weight excluding hydrogens is 408 g/mol. The summed E-state index contributed by atoms with van der Waals surface area (Å²) < 4.78 is 12.1. The minimum Gasteiger partial charge on any atom is -0.441 e. The first-order chi connectivity index (χ1) is 14.6. The Morgan fingerprint density at radius 3 is 1.84 bits per heavy atom. The molecule has 3 N–H and O–H groups in total. The summed E-state index contributed by atoms with van der Waals surface area (Å²) in [5.41, 5.74) is 0.249. The molecule has 0 radical (unpaired) electrons. The molecule has 1 aromatic carbocycles. The largest absolute Gasteiger partial charge is 0.441 e. The average molecular weight is 445 g/mol. The van der Waals surface area contributed by atoms with Crippen LogP contribution >= 0.6 is 0 Å². The van der Waals surface area contributed by atoms with Crippen molar-refractivity contribution >= 4 is 17.8 Å². The Hall–Kier alpha value is -2.93. The van der Waals surface area contributed by atoms with Crippen molar-refractivity contribution in [2.24, 2.45) is 5.73 Å². The molecule has 0 aliphatic carbocycles. The van der Waals surface area contributed by atoms with E-state index in [-0.39, 0.29) is 18.4 Å². The number of nitrogens with one attached hydrogen (secondary N) is 1. The molecule has 0 spiro atoms. The number of esters is 1. The van der Waals surface area contributed by atoms with E-state index in [9.17, 15) is 14.4 Å². The summed E-state index contributed by atoms with van der Waals surface area (Å²) in [6, 6.07) is 8.17. The van der Waals surface area contributed by atoms with Crippen LogP contribution in [-0.4, -0.2) is 40.1 Å². The van der Waals surface area contributed by atoms with Crippen LogP contribution in [0, 0.1) is 0 Å². The molecule has 0 saturated heterocycles. The number of carbonyl (C=O) groups is 3. The van der Waals surface area contributed by atoms with Gasteiger partial charge in [-0.3, -0.25) is 9.59 Å². The molecule has 0 heterocycles. The zero-order valence-electron chi connectivity index (χ0n) is 20.0. The van der Waals surface area contributed by atoms with E-state index in [0.29, 0.717) is 0 Å². The molecule has 2 atom stereocenters. The number of amides is 2. The second kappa shape index (κ2) is 10.1. The highest BCUT2D eigenvalue weighted by atomic mass is 16.6. The standard InChI is InChI=1S/C25H36N2O5/c1-9-16-24(20(26)29,32-23(6,7)8)25(17-10-2,21(30)27-22(3,4)5)31-19(28)18-14-12-11-13-15-18/h9-15H,1-2,16-17H2,3-8H3,(H2,26,29)(H,27,30). The third-order valence-corrected chi connectivity index (χ3v) is 4.53. The molecule has 32 heavy (non-hydrogen) atoms. The highest BCUT2D eigenvalue weighted by Gasteiger charge is 2.65. The lowest BCUT2D eigenvalue weighted by Gasteiger charge is -2.48. The van der Waals surface area contributed by atoms with E-state index in [1.807, 2.05) is 0 Å². The first-order valence-electron chi connectivity index (χ1n) is 10.5. The number of nitrogens with two attached hydrogens (primary N) is 1. The topological polar surface area (TPSA) is 108 Å². The number of primary amides is 1. The fourth-order valence-corrected chi connectivity index (χ4v) is 3.41. The van der Waals surface area contributed by atoms with Crippen molar-refractivity contribution < 1.29 is 23.9 Å². The lowest BCUT2D eigenvalue weighted by Crippen LogP contribution is -2.72. The van der Waals surface area contributed by atoms with Crippen molar-refractivity contribution in [3.05, 3.63) is 61.2 Å². The van der Waals surface area contributed by atoms with Gasteiger partial charge in [-0.05, 0) is 53.7 Å². The summed E-state index contributed by atoms with van der Waals surface area (Å²) >= 11 is 0. The van der Waals surface area contributed by atoms with Crippen LogP contribution in [0.2, 0.25) is 0 Å². The van der Waals surface area contributed by atoms with E-state index in [0.717, 1.165) is 0 Å². The first-order valence-corrected chi connectivity index (χ1v) is 10.5. The van der Waals surface area contributed by atoms with Crippen molar-refractivity contribution in [1.82, 2.24) is 5.32 Å². The normalized spacial score (nSPS) is 15.6. The minimum absolute atomic E-state index is 0.174. The van der Waals surface area contributed by atoms with Gasteiger partial charge < -0.3 is 20.5 Å². The van der Waals surface area contributed by atoms with Gasteiger partial charge in [0.1, 0.15) is 0 Å². The molecule has 2 amide bonds. The summed E-state index contributed by atoms with van der Waals surface area (Å²) in [7, 11) is 0. The molecule has 176 valence electrons. The molecule has 7 nitrogen and oxygen atoms in total. The number of rotatable bonds is 10. The van der Waals surface area contributed by atoms with Crippen LogP contribution in [0.15, 0.2) is 55.6 Å². The second-order valence-corrected chi connectivity index (χ2v) is 9.68. The zero-order valence-corrected chi connectivity index (χ0v) is 20.0. The SMILES string of the molecule is C=CCC(OC(C)(C)C)(C(N)=O)C(CC=C)(OC(=O)c1ccccc1)C(=O)NC(C)(C)C. The van der Waals surface area contributed by atoms with E-state index in [2.05, 4.69) is 18.5 Å². The molecule has 0 aliphatic rings. The van der Waals surface area contributed by atoms with E-state index >= 15 is 0 Å². The van der Waals surface area contributed by atoms with Gasteiger partial charge in [0, 0.05) is 18.4 Å². The van der Waals surface area contributed by atoms with Gasteiger partial charge in [0.2, 0.25) is 5.60 Å². The average Bonchev–Trinajstić information content (AvgIpc) is 2.65. The Balaban J connectivity index is 3.90. The maximum Gasteiger partial charge on any atom is 0.339 e. The van der Waals surface area contributed by atoms with Crippen LogP contribution in [0.25, 0.3) is 0 Å². The summed E-state index contributed by atoms with van der Waals surface area (Å²) in [5.74, 6) is -2.48. The molecule has 2 unspecified atom stereocenters. The third kappa shape index (κ3) is 6.29. The Bertz CT molecular complexity index is 851. The molecule has 0 aromatic heterocycles. The Kier molecular flexibility index (Phi) is 8.58. The van der Waals surface area contributed by atoms with E-state index < -0.39 is 40.1 Å². The van der Waals surface area contributed by atoms with Gasteiger partial charge in [-0.2, -0.15) is 0 Å². The molecule has 0 saturated carbocycles. The van der Waals surface area contributed by atoms with Crippen LogP contribution in [0.4, 0.5) is 0 Å². The predicted molar refractivity (Wildman–Crippen MR) is 125 cm³/mol. The number of hydrogen-bond donors (Lipinski definition) is 2. The fraction of sp³-hybridized carbons (Fsp3) is 0.480. The minimum atomic E-state index is -2.15. The number of carbonyl (C=O) groups excluding carboxylic acids is 3. The van der Waals surface area contributed by atoms with Crippen molar-refractivity contribution in [2.75, 3.05) is 0 Å². The van der Waals surface area contributed by atoms with Gasteiger partial charge in [-0.25, -0.2) is 4.79 Å². The van der Waals surface area contributed by atoms with Crippen molar-refractivity contribution in [3.8, 4) is 0 Å². The summed E-state index contributed by atoms with van der Waals surface area (Å²) in [4.78, 5) is 40.0. The van der Waals surface area contributed by atoms with Gasteiger partial charge in [-0.1, -0.05) is 30.4 Å². The van der Waals surface area contributed by atoms with Crippen LogP contribution in [-0.2, 0) is 19.1 Å². The van der Waals surface area contributed by atoms with E-state index in [1.165, 1.54) is 12.2 Å². The molecule has 7 heteroatoms.